The van der Waals surface area contributed by atoms with Crippen LogP contribution in [0.5, 0.6) is 0 Å². The first-order chi connectivity index (χ1) is 10.9. The lowest BCUT2D eigenvalue weighted by Crippen LogP contribution is -2.46. The van der Waals surface area contributed by atoms with Gasteiger partial charge in [-0.1, -0.05) is 13.0 Å². The van der Waals surface area contributed by atoms with Crippen LogP contribution in [0.3, 0.4) is 0 Å². The number of sulfone groups is 1. The number of benzene rings is 1. The van der Waals surface area contributed by atoms with Gasteiger partial charge >= 0.3 is 5.97 Å². The van der Waals surface area contributed by atoms with E-state index in [0.29, 0.717) is 24.8 Å². The molecule has 0 spiro atoms. The van der Waals surface area contributed by atoms with Gasteiger partial charge in [0.05, 0.1) is 15.2 Å². The molecule has 9 heteroatoms. The molecule has 1 fully saturated rings. The maximum absolute atomic E-state index is 12.5. The standard InChI is InChI=1S/C15H21NO6S2/c1-4-11-5-6-12(9-13(11)14(17)18)24(21,22)16-10(2)15(7-8-15)23(3,19)20/h5-6,9-10,16H,4,7-8H2,1-3H3,(H,17,18). The van der Waals surface area contributed by atoms with Crippen molar-refractivity contribution in [3.63, 3.8) is 0 Å². The van der Waals surface area contributed by atoms with Crippen molar-refractivity contribution in [2.45, 2.75) is 48.8 Å². The van der Waals surface area contributed by atoms with Crippen molar-refractivity contribution in [1.29, 1.82) is 0 Å². The molecule has 7 nitrogen and oxygen atoms in total. The summed E-state index contributed by atoms with van der Waals surface area (Å²) in [5.74, 6) is -1.20. The van der Waals surface area contributed by atoms with Gasteiger partial charge in [0.2, 0.25) is 10.0 Å². The Labute approximate surface area is 142 Å². The van der Waals surface area contributed by atoms with E-state index >= 15 is 0 Å². The van der Waals surface area contributed by atoms with Crippen molar-refractivity contribution in [3.8, 4) is 0 Å². The molecule has 0 radical (unpaired) electrons. The highest BCUT2D eigenvalue weighted by Gasteiger charge is 2.56. The van der Waals surface area contributed by atoms with Crippen molar-refractivity contribution in [1.82, 2.24) is 4.72 Å². The van der Waals surface area contributed by atoms with E-state index in [4.69, 9.17) is 0 Å². The van der Waals surface area contributed by atoms with Crippen LogP contribution in [-0.2, 0) is 26.3 Å². The van der Waals surface area contributed by atoms with Gasteiger partial charge in [-0.25, -0.2) is 26.4 Å². The Hall–Kier alpha value is -1.45. The molecule has 0 bridgehead atoms. The van der Waals surface area contributed by atoms with Crippen LogP contribution in [0.4, 0.5) is 0 Å². The van der Waals surface area contributed by atoms with E-state index in [9.17, 15) is 26.7 Å². The molecule has 2 N–H and O–H groups in total. The van der Waals surface area contributed by atoms with Crippen LogP contribution in [0.2, 0.25) is 0 Å². The third-order valence-electron chi connectivity index (χ3n) is 4.61. The largest absolute Gasteiger partial charge is 0.478 e. The van der Waals surface area contributed by atoms with E-state index in [-0.39, 0.29) is 10.5 Å². The van der Waals surface area contributed by atoms with E-state index < -0.39 is 36.6 Å². The Morgan fingerprint density at radius 3 is 2.29 bits per heavy atom. The summed E-state index contributed by atoms with van der Waals surface area (Å²) in [6.07, 6.45) is 2.38. The minimum absolute atomic E-state index is 0.0720. The smallest absolute Gasteiger partial charge is 0.336 e. The maximum atomic E-state index is 12.5. The first-order valence-electron chi connectivity index (χ1n) is 7.53. The van der Waals surface area contributed by atoms with Gasteiger partial charge in [-0.05, 0) is 43.9 Å². The molecule has 1 aromatic carbocycles. The lowest BCUT2D eigenvalue weighted by Gasteiger charge is -2.23. The van der Waals surface area contributed by atoms with Crippen LogP contribution < -0.4 is 4.72 Å². The lowest BCUT2D eigenvalue weighted by atomic mass is 10.1. The van der Waals surface area contributed by atoms with Crippen molar-refractivity contribution >= 4 is 25.8 Å². The molecule has 0 saturated heterocycles. The van der Waals surface area contributed by atoms with Crippen LogP contribution in [0.1, 0.15) is 42.6 Å². The van der Waals surface area contributed by atoms with Crippen molar-refractivity contribution in [2.24, 2.45) is 0 Å². The number of carbonyl (C=O) groups is 1. The maximum Gasteiger partial charge on any atom is 0.336 e. The van der Waals surface area contributed by atoms with E-state index in [1.165, 1.54) is 19.1 Å². The molecule has 2 rings (SSSR count). The van der Waals surface area contributed by atoms with Crippen LogP contribution in [0.15, 0.2) is 23.1 Å². The van der Waals surface area contributed by atoms with E-state index in [1.54, 1.807) is 6.92 Å². The number of rotatable bonds is 7. The van der Waals surface area contributed by atoms with Crippen molar-refractivity contribution < 1.29 is 26.7 Å². The quantitative estimate of drug-likeness (QED) is 0.739. The zero-order valence-corrected chi connectivity index (χ0v) is 15.4. The van der Waals surface area contributed by atoms with Crippen LogP contribution in [-0.4, -0.2) is 45.0 Å². The first kappa shape index (κ1) is 18.9. The molecule has 1 aromatic rings. The third-order valence-corrected chi connectivity index (χ3v) is 8.38. The molecule has 0 heterocycles. The molecular weight excluding hydrogens is 354 g/mol. The Morgan fingerprint density at radius 1 is 1.29 bits per heavy atom. The fourth-order valence-corrected chi connectivity index (χ4v) is 5.85. The summed E-state index contributed by atoms with van der Waals surface area (Å²) in [5.41, 5.74) is 0.460. The second kappa shape index (κ2) is 6.12. The van der Waals surface area contributed by atoms with Gasteiger partial charge in [0, 0.05) is 12.3 Å². The van der Waals surface area contributed by atoms with E-state index in [1.807, 2.05) is 0 Å². The van der Waals surface area contributed by atoms with Crippen LogP contribution in [0.25, 0.3) is 0 Å². The Morgan fingerprint density at radius 2 is 1.88 bits per heavy atom. The van der Waals surface area contributed by atoms with Crippen molar-refractivity contribution in [3.05, 3.63) is 29.3 Å². The molecule has 1 atom stereocenters. The number of carboxylic acids is 1. The SMILES string of the molecule is CCc1ccc(S(=O)(=O)NC(C)C2(S(C)(=O)=O)CC2)cc1C(=O)O. The zero-order valence-electron chi connectivity index (χ0n) is 13.7. The van der Waals surface area contributed by atoms with Gasteiger partial charge in [0.15, 0.2) is 9.84 Å². The molecule has 0 aromatic heterocycles. The Kier molecular flexibility index (Phi) is 4.82. The molecular formula is C15H21NO6S2. The zero-order chi connectivity index (χ0) is 18.3. The number of nitrogens with one attached hydrogen (secondary N) is 1. The highest BCUT2D eigenvalue weighted by molar-refractivity contribution is 7.92. The number of aryl methyl sites for hydroxylation is 1. The van der Waals surface area contributed by atoms with E-state index in [0.717, 1.165) is 12.3 Å². The van der Waals surface area contributed by atoms with Gasteiger partial charge in [0.1, 0.15) is 0 Å². The molecule has 24 heavy (non-hydrogen) atoms. The first-order valence-corrected chi connectivity index (χ1v) is 10.9. The predicted molar refractivity (Wildman–Crippen MR) is 89.4 cm³/mol. The van der Waals surface area contributed by atoms with Gasteiger partial charge in [-0.3, -0.25) is 0 Å². The molecule has 0 aliphatic heterocycles. The average Bonchev–Trinajstić information content (AvgIpc) is 3.27. The lowest BCUT2D eigenvalue weighted by molar-refractivity contribution is 0.0695. The summed E-state index contributed by atoms with van der Waals surface area (Å²) in [4.78, 5) is 11.1. The monoisotopic (exact) mass is 375 g/mol. The summed E-state index contributed by atoms with van der Waals surface area (Å²) in [7, 11) is -7.42. The van der Waals surface area contributed by atoms with Gasteiger partial charge in [-0.15, -0.1) is 0 Å². The summed E-state index contributed by atoms with van der Waals surface area (Å²) >= 11 is 0. The molecule has 134 valence electrons. The Balaban J connectivity index is 2.35. The number of sulfonamides is 1. The van der Waals surface area contributed by atoms with Gasteiger partial charge in [0.25, 0.3) is 0 Å². The number of hydrogen-bond donors (Lipinski definition) is 2. The topological polar surface area (TPSA) is 118 Å². The Bertz CT molecular complexity index is 869. The normalized spacial score (nSPS) is 18.1. The summed E-state index contributed by atoms with van der Waals surface area (Å²) in [6, 6.07) is 3.11. The average molecular weight is 375 g/mol. The number of aromatic carboxylic acids is 1. The molecule has 1 saturated carbocycles. The number of hydrogen-bond acceptors (Lipinski definition) is 5. The molecule has 1 aliphatic rings. The second-order valence-electron chi connectivity index (χ2n) is 6.16. The van der Waals surface area contributed by atoms with Crippen molar-refractivity contribution in [2.75, 3.05) is 6.26 Å². The highest BCUT2D eigenvalue weighted by Crippen LogP contribution is 2.46. The third kappa shape index (κ3) is 3.33. The van der Waals surface area contributed by atoms with Crippen LogP contribution >= 0.6 is 0 Å². The summed E-state index contributed by atoms with van der Waals surface area (Å²) in [6.45, 7) is 3.29. The highest BCUT2D eigenvalue weighted by atomic mass is 32.2. The summed E-state index contributed by atoms with van der Waals surface area (Å²) < 4.78 is 50.1. The predicted octanol–water partition coefficient (Wildman–Crippen LogP) is 1.19. The molecule has 1 unspecified atom stereocenters. The van der Waals surface area contributed by atoms with Crippen LogP contribution in [0, 0.1) is 0 Å². The van der Waals surface area contributed by atoms with Gasteiger partial charge < -0.3 is 5.11 Å². The fraction of sp³-hybridized carbons (Fsp3) is 0.533. The fourth-order valence-electron chi connectivity index (χ4n) is 2.89. The van der Waals surface area contributed by atoms with Gasteiger partial charge in [-0.2, -0.15) is 0 Å². The minimum atomic E-state index is -4.02. The molecule has 1 aliphatic carbocycles. The minimum Gasteiger partial charge on any atom is -0.478 e. The van der Waals surface area contributed by atoms with E-state index in [2.05, 4.69) is 4.72 Å². The molecule has 0 amide bonds. The number of carboxylic acid groups (broad SMARTS) is 1. The second-order valence-corrected chi connectivity index (χ2v) is 10.2. The summed E-state index contributed by atoms with van der Waals surface area (Å²) in [5, 5.41) is 9.22.